The van der Waals surface area contributed by atoms with Crippen molar-refractivity contribution in [2.45, 2.75) is 0 Å². The molecule has 0 aliphatic rings. The molecule has 6 nitrogen and oxygen atoms in total. The average Bonchev–Trinajstić information content (AvgIpc) is 2.41. The van der Waals surface area contributed by atoms with Crippen LogP contribution in [0.15, 0.2) is 48.5 Å². The molecule has 6 N–H and O–H groups in total. The van der Waals surface area contributed by atoms with Gasteiger partial charge in [0.1, 0.15) is 0 Å². The van der Waals surface area contributed by atoms with Gasteiger partial charge in [-0.1, -0.05) is 24.3 Å². The van der Waals surface area contributed by atoms with Crippen molar-refractivity contribution in [2.75, 3.05) is 0 Å². The fourth-order valence-corrected chi connectivity index (χ4v) is 1.11. The predicted molar refractivity (Wildman–Crippen MR) is 65.8 cm³/mol. The number of aromatic hydroxyl groups is 2. The number of hydrogen-bond acceptors (Lipinski definition) is 6. The van der Waals surface area contributed by atoms with Crippen molar-refractivity contribution in [3.8, 4) is 23.0 Å². The second kappa shape index (κ2) is 7.00. The smallest absolute Gasteiger partial charge is 0.188 e. The highest BCUT2D eigenvalue weighted by molar-refractivity contribution is 5.38. The van der Waals surface area contributed by atoms with Gasteiger partial charge in [0, 0.05) is 0 Å². The van der Waals surface area contributed by atoms with Gasteiger partial charge in [0.05, 0.1) is 0 Å². The molecule has 0 spiro atoms. The summed E-state index contributed by atoms with van der Waals surface area (Å²) >= 11 is 0. The predicted octanol–water partition coefficient (Wildman–Crippen LogP) is 1.29. The Bertz CT molecular complexity index is 446. The van der Waals surface area contributed by atoms with Gasteiger partial charge in [-0.3, -0.25) is 0 Å². The number of phenols is 2. The van der Waals surface area contributed by atoms with Crippen LogP contribution in [0.2, 0.25) is 0 Å². The first-order valence-electron chi connectivity index (χ1n) is 4.98. The summed E-state index contributed by atoms with van der Waals surface area (Å²) in [4.78, 5) is 8.59. The van der Waals surface area contributed by atoms with Crippen molar-refractivity contribution in [3.63, 3.8) is 0 Å². The largest absolute Gasteiger partial charge is 0.504 e. The lowest BCUT2D eigenvalue weighted by atomic mass is 10.3. The SMILES string of the molecule is NOc1ccccc1O.NOc1ccccc1O. The number of nitrogens with two attached hydrogens (primary N) is 2. The second-order valence-corrected chi connectivity index (χ2v) is 3.17. The van der Waals surface area contributed by atoms with E-state index in [0.717, 1.165) is 0 Å². The second-order valence-electron chi connectivity index (χ2n) is 3.17. The molecule has 2 aromatic carbocycles. The molecule has 0 fully saturated rings. The lowest BCUT2D eigenvalue weighted by Gasteiger charge is -1.98. The maximum atomic E-state index is 8.91. The summed E-state index contributed by atoms with van der Waals surface area (Å²) in [5.41, 5.74) is 0. The van der Waals surface area contributed by atoms with Crippen LogP contribution in [0.1, 0.15) is 0 Å². The zero-order valence-corrected chi connectivity index (χ0v) is 9.48. The molecule has 6 heteroatoms. The third-order valence-corrected chi connectivity index (χ3v) is 1.98. The van der Waals surface area contributed by atoms with Gasteiger partial charge in [-0.2, -0.15) is 11.8 Å². The topological polar surface area (TPSA) is 111 Å². The van der Waals surface area contributed by atoms with Crippen LogP contribution in [0.3, 0.4) is 0 Å². The maximum Gasteiger partial charge on any atom is 0.188 e. The first-order chi connectivity index (χ1) is 8.69. The summed E-state index contributed by atoms with van der Waals surface area (Å²) in [7, 11) is 0. The van der Waals surface area contributed by atoms with E-state index in [1.807, 2.05) is 0 Å². The van der Waals surface area contributed by atoms with E-state index in [1.54, 1.807) is 36.4 Å². The van der Waals surface area contributed by atoms with E-state index in [9.17, 15) is 0 Å². The Balaban J connectivity index is 0.000000180. The minimum absolute atomic E-state index is 0.0556. The lowest BCUT2D eigenvalue weighted by Crippen LogP contribution is -2.01. The molecule has 0 bridgehead atoms. The minimum atomic E-state index is 0.0556. The van der Waals surface area contributed by atoms with Gasteiger partial charge in [0.25, 0.3) is 0 Å². The molecule has 0 aliphatic heterocycles. The van der Waals surface area contributed by atoms with Gasteiger partial charge in [-0.25, -0.2) is 0 Å². The van der Waals surface area contributed by atoms with Gasteiger partial charge >= 0.3 is 0 Å². The maximum absolute atomic E-state index is 8.91. The molecule has 0 aromatic heterocycles. The van der Waals surface area contributed by atoms with Crippen molar-refractivity contribution >= 4 is 0 Å². The Morgan fingerprint density at radius 3 is 1.22 bits per heavy atom. The number of phenolic OH excluding ortho intramolecular Hbond substituents is 2. The molecular weight excluding hydrogens is 236 g/mol. The zero-order valence-electron chi connectivity index (χ0n) is 9.48. The quantitative estimate of drug-likeness (QED) is 0.598. The Hall–Kier alpha value is -2.44. The third kappa shape index (κ3) is 3.85. The monoisotopic (exact) mass is 250 g/mol. The van der Waals surface area contributed by atoms with Crippen LogP contribution in [-0.2, 0) is 0 Å². The average molecular weight is 250 g/mol. The van der Waals surface area contributed by atoms with Crippen molar-refractivity contribution in [2.24, 2.45) is 11.8 Å². The van der Waals surface area contributed by atoms with Gasteiger partial charge in [0.15, 0.2) is 23.0 Å². The molecule has 0 saturated carbocycles. The Labute approximate surface area is 104 Å². The minimum Gasteiger partial charge on any atom is -0.504 e. The Morgan fingerprint density at radius 1 is 0.667 bits per heavy atom. The highest BCUT2D eigenvalue weighted by Crippen LogP contribution is 2.23. The normalized spacial score (nSPS) is 9.00. The molecule has 2 aromatic rings. The van der Waals surface area contributed by atoms with Crippen LogP contribution in [0.4, 0.5) is 0 Å². The summed E-state index contributed by atoms with van der Waals surface area (Å²) in [6.07, 6.45) is 0. The number of hydrogen-bond donors (Lipinski definition) is 4. The number of rotatable bonds is 2. The van der Waals surface area contributed by atoms with Crippen LogP contribution in [0.25, 0.3) is 0 Å². The van der Waals surface area contributed by atoms with Crippen molar-refractivity contribution < 1.29 is 19.9 Å². The summed E-state index contributed by atoms with van der Waals surface area (Å²) in [6, 6.07) is 13.0. The fourth-order valence-electron chi connectivity index (χ4n) is 1.11. The molecule has 18 heavy (non-hydrogen) atoms. The summed E-state index contributed by atoms with van der Waals surface area (Å²) in [6.45, 7) is 0. The zero-order chi connectivity index (χ0) is 13.4. The van der Waals surface area contributed by atoms with Gasteiger partial charge in [0.2, 0.25) is 0 Å². The molecule has 0 heterocycles. The lowest BCUT2D eigenvalue weighted by molar-refractivity contribution is 0.313. The van der Waals surface area contributed by atoms with Crippen molar-refractivity contribution in [3.05, 3.63) is 48.5 Å². The van der Waals surface area contributed by atoms with Crippen molar-refractivity contribution in [1.29, 1.82) is 0 Å². The Kier molecular flexibility index (Phi) is 5.30. The molecule has 0 unspecified atom stereocenters. The van der Waals surface area contributed by atoms with E-state index in [2.05, 4.69) is 9.68 Å². The van der Waals surface area contributed by atoms with E-state index >= 15 is 0 Å². The van der Waals surface area contributed by atoms with E-state index < -0.39 is 0 Å². The molecule has 2 rings (SSSR count). The van der Waals surface area contributed by atoms with Crippen molar-refractivity contribution in [1.82, 2.24) is 0 Å². The first-order valence-corrected chi connectivity index (χ1v) is 4.98. The van der Waals surface area contributed by atoms with Gasteiger partial charge < -0.3 is 19.9 Å². The molecular formula is C12H14N2O4. The summed E-state index contributed by atoms with van der Waals surface area (Å²) < 4.78 is 0. The Morgan fingerprint density at radius 2 is 1.00 bits per heavy atom. The number of para-hydroxylation sites is 4. The highest BCUT2D eigenvalue weighted by Gasteiger charge is 1.95. The van der Waals surface area contributed by atoms with E-state index in [-0.39, 0.29) is 23.0 Å². The molecule has 0 radical (unpaired) electrons. The third-order valence-electron chi connectivity index (χ3n) is 1.98. The van der Waals surface area contributed by atoms with Crippen LogP contribution in [-0.4, -0.2) is 10.2 Å². The molecule has 0 amide bonds. The molecule has 0 atom stereocenters. The molecule has 0 saturated heterocycles. The molecule has 96 valence electrons. The fraction of sp³-hybridized carbons (Fsp3) is 0. The first kappa shape index (κ1) is 13.6. The van der Waals surface area contributed by atoms with Gasteiger partial charge in [-0.15, -0.1) is 0 Å². The number of benzene rings is 2. The van der Waals surface area contributed by atoms with Crippen LogP contribution in [0.5, 0.6) is 23.0 Å². The van der Waals surface area contributed by atoms with Crippen LogP contribution in [0, 0.1) is 0 Å². The summed E-state index contributed by atoms with van der Waals surface area (Å²) in [5, 5.41) is 17.8. The van der Waals surface area contributed by atoms with Crippen LogP contribution < -0.4 is 21.5 Å². The summed E-state index contributed by atoms with van der Waals surface area (Å²) in [5.74, 6) is 10.3. The standard InChI is InChI=1S/2C6H7NO2/c2*7-9-6-4-2-1-3-5(6)8/h2*1-4,8H,7H2. The molecule has 0 aliphatic carbocycles. The van der Waals surface area contributed by atoms with Gasteiger partial charge in [-0.05, 0) is 24.3 Å². The van der Waals surface area contributed by atoms with E-state index in [4.69, 9.17) is 22.0 Å². The van der Waals surface area contributed by atoms with E-state index in [1.165, 1.54) is 12.1 Å². The van der Waals surface area contributed by atoms with Crippen LogP contribution >= 0.6 is 0 Å². The highest BCUT2D eigenvalue weighted by atomic mass is 16.6. The van der Waals surface area contributed by atoms with E-state index in [0.29, 0.717) is 0 Å².